The molecule has 2 aliphatic heterocycles. The normalized spacial score (nSPS) is 18.2. The molecule has 24 heavy (non-hydrogen) atoms. The van der Waals surface area contributed by atoms with Crippen LogP contribution >= 0.6 is 0 Å². The van der Waals surface area contributed by atoms with Crippen molar-refractivity contribution in [2.45, 2.75) is 18.9 Å². The van der Waals surface area contributed by atoms with Crippen molar-refractivity contribution in [3.63, 3.8) is 0 Å². The summed E-state index contributed by atoms with van der Waals surface area (Å²) >= 11 is 0. The number of fused-ring (bicyclic) bond motifs is 2. The van der Waals surface area contributed by atoms with E-state index in [1.165, 1.54) is 7.11 Å². The minimum absolute atomic E-state index is 0.0181. The predicted molar refractivity (Wildman–Crippen MR) is 88.6 cm³/mol. The van der Waals surface area contributed by atoms with Crippen molar-refractivity contribution in [2.75, 3.05) is 13.7 Å². The lowest BCUT2D eigenvalue weighted by atomic mass is 9.77. The highest BCUT2D eigenvalue weighted by molar-refractivity contribution is 6.62. The third kappa shape index (κ3) is 2.74. The van der Waals surface area contributed by atoms with Gasteiger partial charge in [0.1, 0.15) is 11.5 Å². The summed E-state index contributed by atoms with van der Waals surface area (Å²) in [6.07, 6.45) is 0.316. The molecule has 0 amide bonds. The molecule has 4 rings (SSSR count). The van der Waals surface area contributed by atoms with E-state index in [0.717, 1.165) is 28.1 Å². The first kappa shape index (κ1) is 15.1. The predicted octanol–water partition coefficient (Wildman–Crippen LogP) is 2.03. The summed E-state index contributed by atoms with van der Waals surface area (Å²) in [5, 5.41) is 0. The summed E-state index contributed by atoms with van der Waals surface area (Å²) in [7, 11) is 0.987. The van der Waals surface area contributed by atoms with E-state index in [9.17, 15) is 4.79 Å². The van der Waals surface area contributed by atoms with Crippen molar-refractivity contribution in [2.24, 2.45) is 0 Å². The van der Waals surface area contributed by atoms with E-state index in [1.54, 1.807) is 0 Å². The summed E-state index contributed by atoms with van der Waals surface area (Å²) in [6.45, 7) is 0.948. The molecule has 0 unspecified atom stereocenters. The fraction of sp³-hybridized carbons (Fsp3) is 0.278. The minimum Gasteiger partial charge on any atom is -0.532 e. The fourth-order valence-corrected chi connectivity index (χ4v) is 3.11. The van der Waals surface area contributed by atoms with Crippen LogP contribution in [0.5, 0.6) is 11.5 Å². The van der Waals surface area contributed by atoms with Gasteiger partial charge in [0.25, 0.3) is 0 Å². The van der Waals surface area contributed by atoms with Gasteiger partial charge in [-0.2, -0.15) is 0 Å². The van der Waals surface area contributed by atoms with Gasteiger partial charge >= 0.3 is 13.1 Å². The molecular formula is C18H17BO5. The van der Waals surface area contributed by atoms with Gasteiger partial charge in [-0.3, -0.25) is 4.79 Å². The summed E-state index contributed by atoms with van der Waals surface area (Å²) in [5.41, 5.74) is 2.97. The summed E-state index contributed by atoms with van der Waals surface area (Å²) in [6, 6.07) is 13.8. The molecule has 0 saturated heterocycles. The second-order valence-corrected chi connectivity index (χ2v) is 5.96. The number of carbonyl (C=O) groups excluding carboxylic acids is 1. The molecule has 0 fully saturated rings. The molecule has 2 aromatic carbocycles. The van der Waals surface area contributed by atoms with E-state index in [2.05, 4.69) is 0 Å². The molecule has 0 N–H and O–H groups in total. The van der Waals surface area contributed by atoms with Crippen molar-refractivity contribution in [3.8, 4) is 11.5 Å². The third-order valence-electron chi connectivity index (χ3n) is 4.41. The zero-order chi connectivity index (χ0) is 16.5. The second-order valence-electron chi connectivity index (χ2n) is 5.96. The van der Waals surface area contributed by atoms with Crippen LogP contribution in [0.15, 0.2) is 42.5 Å². The van der Waals surface area contributed by atoms with Crippen LogP contribution in [0, 0.1) is 0 Å². The fourth-order valence-electron chi connectivity index (χ4n) is 3.11. The number of methoxy groups -OCH3 is 1. The average Bonchev–Trinajstić information content (AvgIpc) is 3.01. The first-order chi connectivity index (χ1) is 11.7. The lowest BCUT2D eigenvalue weighted by Crippen LogP contribution is -2.42. The summed E-state index contributed by atoms with van der Waals surface area (Å²) in [4.78, 5) is 11.5. The van der Waals surface area contributed by atoms with Gasteiger partial charge in [0.2, 0.25) is 0 Å². The molecule has 2 aliphatic rings. The maximum atomic E-state index is 11.5. The van der Waals surface area contributed by atoms with Crippen molar-refractivity contribution < 1.29 is 23.6 Å². The highest BCUT2D eigenvalue weighted by Crippen LogP contribution is 2.41. The Bertz CT molecular complexity index is 762. The van der Waals surface area contributed by atoms with Gasteiger partial charge in [0.15, 0.2) is 0 Å². The summed E-state index contributed by atoms with van der Waals surface area (Å²) < 4.78 is 22.3. The van der Waals surface area contributed by atoms with Gasteiger partial charge in [-0.25, -0.2) is 0 Å². The Kier molecular flexibility index (Phi) is 3.90. The van der Waals surface area contributed by atoms with E-state index < -0.39 is 7.12 Å². The van der Waals surface area contributed by atoms with Gasteiger partial charge < -0.3 is 18.8 Å². The number of hydrogen-bond acceptors (Lipinski definition) is 5. The molecular weight excluding hydrogens is 307 g/mol. The van der Waals surface area contributed by atoms with Crippen molar-refractivity contribution in [1.29, 1.82) is 0 Å². The topological polar surface area (TPSA) is 54.0 Å². The van der Waals surface area contributed by atoms with Crippen LogP contribution < -0.4 is 14.9 Å². The Balaban J connectivity index is 1.58. The maximum Gasteiger partial charge on any atom is 0.563 e. The molecule has 2 heterocycles. The molecule has 122 valence electrons. The number of esters is 1. The lowest BCUT2D eigenvalue weighted by Gasteiger charge is -2.24. The smallest absolute Gasteiger partial charge is 0.532 e. The molecule has 0 saturated carbocycles. The molecule has 0 aromatic heterocycles. The third-order valence-corrected chi connectivity index (χ3v) is 4.41. The molecule has 5 nitrogen and oxygen atoms in total. The van der Waals surface area contributed by atoms with Crippen molar-refractivity contribution in [1.82, 2.24) is 0 Å². The Hall–Kier alpha value is -2.47. The van der Waals surface area contributed by atoms with Crippen molar-refractivity contribution >= 4 is 18.6 Å². The Morgan fingerprint density at radius 1 is 1.25 bits per heavy atom. The van der Waals surface area contributed by atoms with E-state index >= 15 is 0 Å². The summed E-state index contributed by atoms with van der Waals surface area (Å²) in [5.74, 6) is 1.33. The van der Waals surface area contributed by atoms with Crippen LogP contribution in [-0.4, -0.2) is 26.8 Å². The zero-order valence-corrected chi connectivity index (χ0v) is 13.4. The lowest BCUT2D eigenvalue weighted by molar-refractivity contribution is -0.141. The monoisotopic (exact) mass is 324 g/mol. The van der Waals surface area contributed by atoms with Crippen LogP contribution in [0.2, 0.25) is 0 Å². The molecule has 0 spiro atoms. The second kappa shape index (κ2) is 6.21. The number of benzene rings is 2. The molecule has 0 radical (unpaired) electrons. The minimum atomic E-state index is -0.413. The maximum absolute atomic E-state index is 11.5. The van der Waals surface area contributed by atoms with Gasteiger partial charge in [-0.05, 0) is 11.5 Å². The Morgan fingerprint density at radius 2 is 2.08 bits per heavy atom. The molecule has 2 aromatic rings. The standard InChI is InChI=1S/C18H17BO5/c1-21-18(20)8-12-10-22-17-9-16-13(7-15(12)17)11-23-19(24-16)14-5-3-2-4-6-14/h2-7,9,12H,8,10-11H2,1H3/t12-/m1/s1. The molecule has 0 bridgehead atoms. The van der Waals surface area contributed by atoms with Crippen LogP contribution in [0.25, 0.3) is 0 Å². The van der Waals surface area contributed by atoms with E-state index in [0.29, 0.717) is 19.6 Å². The quantitative estimate of drug-likeness (QED) is 0.639. The number of ether oxygens (including phenoxy) is 2. The van der Waals surface area contributed by atoms with Gasteiger partial charge in [-0.1, -0.05) is 30.3 Å². The Labute approximate surface area is 140 Å². The molecule has 6 heteroatoms. The number of hydrogen-bond donors (Lipinski definition) is 0. The van der Waals surface area contributed by atoms with E-state index in [4.69, 9.17) is 18.8 Å². The average molecular weight is 324 g/mol. The first-order valence-electron chi connectivity index (χ1n) is 7.94. The molecule has 0 aliphatic carbocycles. The van der Waals surface area contributed by atoms with Gasteiger partial charge in [0.05, 0.1) is 26.7 Å². The molecule has 1 atom stereocenters. The van der Waals surface area contributed by atoms with Crippen LogP contribution in [0.3, 0.4) is 0 Å². The Morgan fingerprint density at radius 3 is 2.88 bits per heavy atom. The number of rotatable bonds is 3. The van der Waals surface area contributed by atoms with E-state index in [-0.39, 0.29) is 11.9 Å². The highest BCUT2D eigenvalue weighted by Gasteiger charge is 2.33. The highest BCUT2D eigenvalue weighted by atomic mass is 16.6. The largest absolute Gasteiger partial charge is 0.563 e. The van der Waals surface area contributed by atoms with E-state index in [1.807, 2.05) is 42.5 Å². The van der Waals surface area contributed by atoms with Crippen molar-refractivity contribution in [3.05, 3.63) is 53.6 Å². The number of carbonyl (C=O) groups is 1. The van der Waals surface area contributed by atoms with Gasteiger partial charge in [0, 0.05) is 23.1 Å². The first-order valence-corrected chi connectivity index (χ1v) is 7.94. The van der Waals surface area contributed by atoms with Crippen LogP contribution in [0.4, 0.5) is 0 Å². The SMILES string of the molecule is COC(=O)C[C@@H]1COc2cc3c(cc21)COB(c1ccccc1)O3. The van der Waals surface area contributed by atoms with Crippen LogP contribution in [-0.2, 0) is 20.8 Å². The van der Waals surface area contributed by atoms with Gasteiger partial charge in [-0.15, -0.1) is 0 Å². The zero-order valence-electron chi connectivity index (χ0n) is 13.4. The van der Waals surface area contributed by atoms with Crippen LogP contribution in [0.1, 0.15) is 23.5 Å².